The highest BCUT2D eigenvalue weighted by Crippen LogP contribution is 2.45. The van der Waals surface area contributed by atoms with Gasteiger partial charge in [-0.1, -0.05) is 6.42 Å². The quantitative estimate of drug-likeness (QED) is 0.382. The fraction of sp³-hybridized carbons (Fsp3) is 0.462. The van der Waals surface area contributed by atoms with Crippen molar-refractivity contribution in [3.8, 4) is 17.0 Å². The molecule has 1 amide bonds. The normalized spacial score (nSPS) is 18.6. The van der Waals surface area contributed by atoms with Crippen LogP contribution in [0.4, 0.5) is 0 Å². The molecule has 33 heavy (non-hydrogen) atoms. The van der Waals surface area contributed by atoms with Crippen molar-refractivity contribution in [2.75, 3.05) is 13.7 Å². The van der Waals surface area contributed by atoms with Crippen LogP contribution in [0, 0.1) is 0 Å². The third-order valence-electron chi connectivity index (χ3n) is 6.87. The Kier molecular flexibility index (Phi) is 5.90. The number of hydrogen-bond acceptors (Lipinski definition) is 4. The minimum atomic E-state index is -0.234. The molecule has 0 bridgehead atoms. The van der Waals surface area contributed by atoms with E-state index in [1.165, 1.54) is 5.56 Å². The number of benzene rings is 1. The van der Waals surface area contributed by atoms with Crippen LogP contribution >= 0.6 is 27.3 Å². The highest BCUT2D eigenvalue weighted by molar-refractivity contribution is 9.10. The summed E-state index contributed by atoms with van der Waals surface area (Å²) < 4.78 is 8.81. The maximum Gasteiger partial charge on any atom is 0.271 e. The molecule has 5 nitrogen and oxygen atoms in total. The Bertz CT molecular complexity index is 1190. The lowest BCUT2D eigenvalue weighted by atomic mass is 9.92. The smallest absolute Gasteiger partial charge is 0.271 e. The van der Waals surface area contributed by atoms with Crippen molar-refractivity contribution in [3.05, 3.63) is 56.1 Å². The predicted molar refractivity (Wildman–Crippen MR) is 136 cm³/mol. The van der Waals surface area contributed by atoms with Crippen LogP contribution in [-0.2, 0) is 12.8 Å². The van der Waals surface area contributed by atoms with Gasteiger partial charge in [-0.05, 0) is 91.7 Å². The van der Waals surface area contributed by atoms with Gasteiger partial charge in [-0.25, -0.2) is 4.98 Å². The zero-order valence-corrected chi connectivity index (χ0v) is 22.1. The van der Waals surface area contributed by atoms with Crippen LogP contribution in [-0.4, -0.2) is 39.6 Å². The second-order valence-corrected chi connectivity index (χ2v) is 11.6. The van der Waals surface area contributed by atoms with Gasteiger partial charge in [0.05, 0.1) is 28.8 Å². The second-order valence-electron chi connectivity index (χ2n) is 9.99. The van der Waals surface area contributed by atoms with Gasteiger partial charge in [-0.3, -0.25) is 4.79 Å². The Balaban J connectivity index is 1.77. The van der Waals surface area contributed by atoms with E-state index in [4.69, 9.17) is 4.74 Å². The molecule has 0 N–H and O–H groups in total. The molecule has 0 fully saturated rings. The van der Waals surface area contributed by atoms with Gasteiger partial charge < -0.3 is 14.2 Å². The van der Waals surface area contributed by atoms with Crippen LogP contribution in [0.3, 0.4) is 0 Å². The Morgan fingerprint density at radius 1 is 1.15 bits per heavy atom. The summed E-state index contributed by atoms with van der Waals surface area (Å²) in [6, 6.07) is 6.51. The summed E-state index contributed by atoms with van der Waals surface area (Å²) in [6.45, 7) is 7.21. The summed E-state index contributed by atoms with van der Waals surface area (Å²) in [6.07, 6.45) is 4.98. The average molecular weight is 529 g/mol. The van der Waals surface area contributed by atoms with E-state index in [-0.39, 0.29) is 17.5 Å². The molecular formula is C26H30BrN3O2S. The fourth-order valence-corrected chi connectivity index (χ4v) is 6.36. The summed E-state index contributed by atoms with van der Waals surface area (Å²) in [5.41, 5.74) is 8.16. The van der Waals surface area contributed by atoms with E-state index in [9.17, 15) is 4.79 Å². The second kappa shape index (κ2) is 8.58. The Morgan fingerprint density at radius 3 is 2.67 bits per heavy atom. The number of carbonyl (C=O) groups is 1. The molecule has 4 heterocycles. The maximum atomic E-state index is 14.2. The maximum absolute atomic E-state index is 14.2. The molecular weight excluding hydrogens is 498 g/mol. The highest BCUT2D eigenvalue weighted by atomic mass is 79.9. The zero-order valence-electron chi connectivity index (χ0n) is 19.7. The van der Waals surface area contributed by atoms with Crippen molar-refractivity contribution in [1.29, 1.82) is 0 Å². The summed E-state index contributed by atoms with van der Waals surface area (Å²) in [4.78, 5) is 20.9. The van der Waals surface area contributed by atoms with Gasteiger partial charge in [0.25, 0.3) is 5.91 Å². The Morgan fingerprint density at radius 2 is 1.97 bits per heavy atom. The molecule has 0 radical (unpaired) electrons. The number of aromatic nitrogens is 2. The molecule has 0 spiro atoms. The largest absolute Gasteiger partial charge is 0.496 e. The number of halogens is 1. The van der Waals surface area contributed by atoms with E-state index in [1.807, 2.05) is 5.51 Å². The van der Waals surface area contributed by atoms with Gasteiger partial charge in [-0.15, -0.1) is 11.3 Å². The lowest BCUT2D eigenvalue weighted by molar-refractivity contribution is 0.0566. The average Bonchev–Trinajstić information content (AvgIpc) is 3.42. The van der Waals surface area contributed by atoms with Crippen LogP contribution < -0.4 is 4.74 Å². The molecule has 0 saturated heterocycles. The van der Waals surface area contributed by atoms with Crippen molar-refractivity contribution < 1.29 is 9.53 Å². The van der Waals surface area contributed by atoms with E-state index >= 15 is 0 Å². The lowest BCUT2D eigenvalue weighted by Gasteiger charge is -2.37. The number of rotatable bonds is 2. The number of thiazole rings is 1. The number of hydrogen-bond donors (Lipinski definition) is 0. The molecule has 3 aromatic rings. The van der Waals surface area contributed by atoms with Crippen LogP contribution in [0.1, 0.15) is 73.4 Å². The van der Waals surface area contributed by atoms with Crippen molar-refractivity contribution in [2.24, 2.45) is 0 Å². The number of amides is 1. The SMILES string of the molecule is COc1cc2c(cc1Br)-c1cc3c(n1C(c1cscn1)C2)C(=O)N(C(C)(C)C)CCCCC3. The van der Waals surface area contributed by atoms with E-state index in [2.05, 4.69) is 74.7 Å². The molecule has 5 rings (SSSR count). The van der Waals surface area contributed by atoms with Gasteiger partial charge in [-0.2, -0.15) is 0 Å². The molecule has 2 aliphatic heterocycles. The van der Waals surface area contributed by atoms with E-state index in [0.717, 1.165) is 77.1 Å². The van der Waals surface area contributed by atoms with Crippen molar-refractivity contribution in [3.63, 3.8) is 0 Å². The molecule has 174 valence electrons. The van der Waals surface area contributed by atoms with Gasteiger partial charge in [0.2, 0.25) is 0 Å². The van der Waals surface area contributed by atoms with E-state index in [0.29, 0.717) is 0 Å². The Labute approximate surface area is 207 Å². The molecule has 1 atom stereocenters. The summed E-state index contributed by atoms with van der Waals surface area (Å²) in [7, 11) is 1.70. The molecule has 0 saturated carbocycles. The molecule has 1 aromatic carbocycles. The summed E-state index contributed by atoms with van der Waals surface area (Å²) in [5.74, 6) is 0.970. The standard InChI is InChI=1S/C26H30BrN3O2S/c1-26(2,3)29-9-7-5-6-8-16-10-21-18-13-19(27)23(32-4)12-17(18)11-22(20-14-33-15-28-20)30(21)24(16)25(29)31/h10,12-15,22H,5-9,11H2,1-4H3. The number of methoxy groups -OCH3 is 1. The van der Waals surface area contributed by atoms with E-state index in [1.54, 1.807) is 18.4 Å². The predicted octanol–water partition coefficient (Wildman–Crippen LogP) is 6.50. The van der Waals surface area contributed by atoms with Crippen LogP contribution in [0.15, 0.2) is 33.6 Å². The van der Waals surface area contributed by atoms with Gasteiger partial charge in [0.1, 0.15) is 11.4 Å². The first-order valence-corrected chi connectivity index (χ1v) is 13.3. The molecule has 2 aromatic heterocycles. The topological polar surface area (TPSA) is 47.4 Å². The molecule has 1 unspecified atom stereocenters. The Hall–Kier alpha value is -2.12. The summed E-state index contributed by atoms with van der Waals surface area (Å²) >= 11 is 5.28. The summed E-state index contributed by atoms with van der Waals surface area (Å²) in [5, 5.41) is 2.11. The minimum absolute atomic E-state index is 0.0140. The van der Waals surface area contributed by atoms with Gasteiger partial charge in [0, 0.05) is 28.7 Å². The highest BCUT2D eigenvalue weighted by Gasteiger charge is 2.37. The first-order chi connectivity index (χ1) is 15.8. The number of ether oxygens (including phenoxy) is 1. The lowest BCUT2D eigenvalue weighted by Crippen LogP contribution is -2.47. The number of nitrogens with zero attached hydrogens (tertiary/aromatic N) is 3. The molecule has 2 aliphatic rings. The zero-order chi connectivity index (χ0) is 23.3. The van der Waals surface area contributed by atoms with Crippen LogP contribution in [0.2, 0.25) is 0 Å². The van der Waals surface area contributed by atoms with Gasteiger partial charge in [0.15, 0.2) is 0 Å². The van der Waals surface area contributed by atoms with Crippen LogP contribution in [0.5, 0.6) is 5.75 Å². The third-order valence-corrected chi connectivity index (χ3v) is 8.10. The fourth-order valence-electron chi connectivity index (χ4n) is 5.25. The van der Waals surface area contributed by atoms with Crippen molar-refractivity contribution in [1.82, 2.24) is 14.5 Å². The van der Waals surface area contributed by atoms with Crippen molar-refractivity contribution >= 4 is 33.2 Å². The first kappa shape index (κ1) is 22.7. The number of aryl methyl sites for hydroxylation is 1. The minimum Gasteiger partial charge on any atom is -0.496 e. The third kappa shape index (κ3) is 3.93. The molecule has 0 aliphatic carbocycles. The van der Waals surface area contributed by atoms with Crippen molar-refractivity contribution in [2.45, 2.75) is 64.5 Å². The first-order valence-electron chi connectivity index (χ1n) is 11.6. The van der Waals surface area contributed by atoms with Gasteiger partial charge >= 0.3 is 0 Å². The van der Waals surface area contributed by atoms with E-state index < -0.39 is 0 Å². The number of carbonyl (C=O) groups excluding carboxylic acids is 1. The number of fused-ring (bicyclic) bond motifs is 5. The monoisotopic (exact) mass is 527 g/mol. The van der Waals surface area contributed by atoms with Crippen LogP contribution in [0.25, 0.3) is 11.3 Å². The molecule has 7 heteroatoms.